The first-order valence-electron chi connectivity index (χ1n) is 8.52. The maximum Gasteiger partial charge on any atom is 0.227 e. The summed E-state index contributed by atoms with van der Waals surface area (Å²) in [5.74, 6) is 0.445. The maximum atomic E-state index is 12.2. The summed E-state index contributed by atoms with van der Waals surface area (Å²) in [6, 6.07) is 8.13. The van der Waals surface area contributed by atoms with Gasteiger partial charge in [-0.25, -0.2) is 0 Å². The number of piperidine rings is 1. The van der Waals surface area contributed by atoms with Gasteiger partial charge in [0.15, 0.2) is 0 Å². The van der Waals surface area contributed by atoms with Crippen LogP contribution in [0.25, 0.3) is 0 Å². The molecule has 3 N–H and O–H groups in total. The minimum atomic E-state index is -0.110. The van der Waals surface area contributed by atoms with Crippen LogP contribution >= 0.6 is 0 Å². The number of carbonyl (C=O) groups excluding carboxylic acids is 2. The molecule has 1 saturated heterocycles. The van der Waals surface area contributed by atoms with Crippen molar-refractivity contribution in [1.82, 2.24) is 10.6 Å². The lowest BCUT2D eigenvalue weighted by atomic mass is 9.89. The Balaban J connectivity index is 1.50. The average molecular weight is 315 g/mol. The van der Waals surface area contributed by atoms with Crippen molar-refractivity contribution >= 4 is 17.5 Å². The van der Waals surface area contributed by atoms with Gasteiger partial charge in [0.2, 0.25) is 11.8 Å². The van der Waals surface area contributed by atoms with E-state index in [9.17, 15) is 9.59 Å². The molecular formula is C18H25N3O2. The summed E-state index contributed by atoms with van der Waals surface area (Å²) in [7, 11) is 0. The molecule has 0 bridgehead atoms. The zero-order valence-corrected chi connectivity index (χ0v) is 13.6. The molecule has 3 atom stereocenters. The number of fused-ring (bicyclic) bond motifs is 1. The fraction of sp³-hybridized carbons (Fsp3) is 0.556. The first-order valence-corrected chi connectivity index (χ1v) is 8.52. The third kappa shape index (κ3) is 3.91. The Labute approximate surface area is 137 Å². The summed E-state index contributed by atoms with van der Waals surface area (Å²) >= 11 is 0. The molecule has 5 heteroatoms. The summed E-state index contributed by atoms with van der Waals surface area (Å²) in [6.07, 6.45) is 2.71. The second-order valence-electron chi connectivity index (χ2n) is 6.73. The molecule has 0 spiro atoms. The van der Waals surface area contributed by atoms with Gasteiger partial charge in [-0.2, -0.15) is 0 Å². The number of para-hydroxylation sites is 1. The average Bonchev–Trinajstić information content (AvgIpc) is 2.55. The number of rotatable bonds is 4. The van der Waals surface area contributed by atoms with Gasteiger partial charge in [-0.1, -0.05) is 25.1 Å². The van der Waals surface area contributed by atoms with Crippen molar-refractivity contribution in [1.29, 1.82) is 0 Å². The zero-order chi connectivity index (χ0) is 16.2. The summed E-state index contributed by atoms with van der Waals surface area (Å²) in [5.41, 5.74) is 2.06. The first-order chi connectivity index (χ1) is 11.1. The van der Waals surface area contributed by atoms with Crippen LogP contribution in [-0.4, -0.2) is 30.9 Å². The van der Waals surface area contributed by atoms with Crippen molar-refractivity contribution in [2.75, 3.05) is 18.4 Å². The molecule has 2 aliphatic rings. The van der Waals surface area contributed by atoms with E-state index in [-0.39, 0.29) is 23.8 Å². The second-order valence-corrected chi connectivity index (χ2v) is 6.73. The van der Waals surface area contributed by atoms with Gasteiger partial charge in [-0.05, 0) is 49.9 Å². The molecule has 0 aromatic heterocycles. The Bertz CT molecular complexity index is 587. The van der Waals surface area contributed by atoms with Crippen molar-refractivity contribution < 1.29 is 9.59 Å². The molecule has 3 unspecified atom stereocenters. The Hall–Kier alpha value is -1.88. The SMILES string of the molecule is CC1CNCCC1NC(=O)CCC1Cc2ccccc2NC1=O. The number of carbonyl (C=O) groups is 2. The van der Waals surface area contributed by atoms with E-state index in [1.165, 1.54) is 0 Å². The normalized spacial score (nSPS) is 27.0. The van der Waals surface area contributed by atoms with E-state index in [1.807, 2.05) is 24.3 Å². The van der Waals surface area contributed by atoms with E-state index in [1.54, 1.807) is 0 Å². The van der Waals surface area contributed by atoms with Crippen LogP contribution in [0.5, 0.6) is 0 Å². The highest BCUT2D eigenvalue weighted by Crippen LogP contribution is 2.27. The van der Waals surface area contributed by atoms with Crippen LogP contribution in [0.1, 0.15) is 31.7 Å². The molecule has 124 valence electrons. The maximum absolute atomic E-state index is 12.2. The largest absolute Gasteiger partial charge is 0.353 e. The topological polar surface area (TPSA) is 70.2 Å². The molecule has 0 aliphatic carbocycles. The lowest BCUT2D eigenvalue weighted by molar-refractivity contribution is -0.123. The molecule has 3 rings (SSSR count). The van der Waals surface area contributed by atoms with Gasteiger partial charge in [-0.3, -0.25) is 9.59 Å². The predicted octanol–water partition coefficient (Wildman–Crippen LogP) is 1.69. The van der Waals surface area contributed by atoms with Crippen molar-refractivity contribution in [3.05, 3.63) is 29.8 Å². The first kappa shape index (κ1) is 16.0. The summed E-state index contributed by atoms with van der Waals surface area (Å²) in [5, 5.41) is 9.41. The van der Waals surface area contributed by atoms with Crippen LogP contribution in [0.15, 0.2) is 24.3 Å². The van der Waals surface area contributed by atoms with Crippen molar-refractivity contribution in [2.45, 2.75) is 38.6 Å². The fourth-order valence-electron chi connectivity index (χ4n) is 3.46. The monoisotopic (exact) mass is 315 g/mol. The Morgan fingerprint density at radius 3 is 3.00 bits per heavy atom. The fourth-order valence-corrected chi connectivity index (χ4v) is 3.46. The third-order valence-electron chi connectivity index (χ3n) is 4.96. The second kappa shape index (κ2) is 7.13. The van der Waals surface area contributed by atoms with Crippen molar-refractivity contribution in [3.63, 3.8) is 0 Å². The highest BCUT2D eigenvalue weighted by molar-refractivity contribution is 5.96. The van der Waals surface area contributed by atoms with E-state index < -0.39 is 0 Å². The Morgan fingerprint density at radius 2 is 2.17 bits per heavy atom. The number of nitrogens with one attached hydrogen (secondary N) is 3. The molecule has 1 aromatic rings. The van der Waals surface area contributed by atoms with Gasteiger partial charge in [0, 0.05) is 24.1 Å². The molecule has 0 saturated carbocycles. The number of benzene rings is 1. The molecule has 23 heavy (non-hydrogen) atoms. The highest BCUT2D eigenvalue weighted by Gasteiger charge is 2.27. The standard InChI is InChI=1S/C18H25N3O2/c1-12-11-19-9-8-15(12)20-17(22)7-6-14-10-13-4-2-3-5-16(13)21-18(14)23/h2-5,12,14-15,19H,6-11H2,1H3,(H,20,22)(H,21,23). The summed E-state index contributed by atoms with van der Waals surface area (Å²) < 4.78 is 0. The molecule has 5 nitrogen and oxygen atoms in total. The van der Waals surface area contributed by atoms with E-state index in [2.05, 4.69) is 22.9 Å². The number of hydrogen-bond donors (Lipinski definition) is 3. The summed E-state index contributed by atoms with van der Waals surface area (Å²) in [4.78, 5) is 24.3. The van der Waals surface area contributed by atoms with Crippen molar-refractivity contribution in [3.8, 4) is 0 Å². The molecule has 0 radical (unpaired) electrons. The number of anilines is 1. The summed E-state index contributed by atoms with van der Waals surface area (Å²) in [6.45, 7) is 4.06. The minimum absolute atomic E-state index is 0.0340. The van der Waals surface area contributed by atoms with Crippen LogP contribution in [0.4, 0.5) is 5.69 Å². The van der Waals surface area contributed by atoms with Gasteiger partial charge in [0.25, 0.3) is 0 Å². The zero-order valence-electron chi connectivity index (χ0n) is 13.6. The van der Waals surface area contributed by atoms with E-state index in [0.717, 1.165) is 37.2 Å². The lowest BCUT2D eigenvalue weighted by Gasteiger charge is -2.30. The van der Waals surface area contributed by atoms with E-state index in [4.69, 9.17) is 0 Å². The minimum Gasteiger partial charge on any atom is -0.353 e. The molecular weight excluding hydrogens is 290 g/mol. The molecule has 1 fully saturated rings. The van der Waals surface area contributed by atoms with Crippen LogP contribution in [0.3, 0.4) is 0 Å². The quantitative estimate of drug-likeness (QED) is 0.792. The Morgan fingerprint density at radius 1 is 1.35 bits per heavy atom. The molecule has 1 aromatic carbocycles. The van der Waals surface area contributed by atoms with Gasteiger partial charge in [0.05, 0.1) is 0 Å². The molecule has 2 aliphatic heterocycles. The third-order valence-corrected chi connectivity index (χ3v) is 4.96. The van der Waals surface area contributed by atoms with E-state index in [0.29, 0.717) is 18.8 Å². The van der Waals surface area contributed by atoms with Crippen molar-refractivity contribution in [2.24, 2.45) is 11.8 Å². The molecule has 2 heterocycles. The van der Waals surface area contributed by atoms with E-state index >= 15 is 0 Å². The van der Waals surface area contributed by atoms with Gasteiger partial charge in [0.1, 0.15) is 0 Å². The van der Waals surface area contributed by atoms with Crippen LogP contribution < -0.4 is 16.0 Å². The predicted molar refractivity (Wildman–Crippen MR) is 90.1 cm³/mol. The van der Waals surface area contributed by atoms with Crippen LogP contribution in [0.2, 0.25) is 0 Å². The van der Waals surface area contributed by atoms with Gasteiger partial charge < -0.3 is 16.0 Å². The van der Waals surface area contributed by atoms with Crippen LogP contribution in [-0.2, 0) is 16.0 Å². The van der Waals surface area contributed by atoms with Crippen LogP contribution in [0, 0.1) is 11.8 Å². The number of hydrogen-bond acceptors (Lipinski definition) is 3. The lowest BCUT2D eigenvalue weighted by Crippen LogP contribution is -2.48. The highest BCUT2D eigenvalue weighted by atomic mass is 16.2. The number of amides is 2. The van der Waals surface area contributed by atoms with Gasteiger partial charge in [-0.15, -0.1) is 0 Å². The Kier molecular flexibility index (Phi) is 4.96. The molecule has 2 amide bonds. The van der Waals surface area contributed by atoms with Gasteiger partial charge >= 0.3 is 0 Å². The smallest absolute Gasteiger partial charge is 0.227 e.